The van der Waals surface area contributed by atoms with Gasteiger partial charge in [0.25, 0.3) is 11.5 Å². The SMILES string of the molecule is CN(C(=O)c1cc2c(Cl)cc(F)cc2[nH]1)[C@H]1COCc2[nH]c(=O)c3cc(F)c(F)cc3c21. The van der Waals surface area contributed by atoms with Gasteiger partial charge in [0.1, 0.15) is 11.5 Å². The highest BCUT2D eigenvalue weighted by Crippen LogP contribution is 2.35. The van der Waals surface area contributed by atoms with Crippen LogP contribution in [0, 0.1) is 17.5 Å². The van der Waals surface area contributed by atoms with Crippen molar-refractivity contribution in [3.8, 4) is 0 Å². The zero-order chi connectivity index (χ0) is 22.7. The lowest BCUT2D eigenvalue weighted by atomic mass is 9.95. The molecule has 5 rings (SSSR count). The molecule has 0 bridgehead atoms. The molecule has 0 spiro atoms. The fourth-order valence-electron chi connectivity index (χ4n) is 4.15. The number of rotatable bonds is 2. The number of carbonyl (C=O) groups is 1. The number of H-pyrrole nitrogens is 2. The van der Waals surface area contributed by atoms with Crippen molar-refractivity contribution in [3.63, 3.8) is 0 Å². The Hall–Kier alpha value is -3.30. The van der Waals surface area contributed by atoms with Gasteiger partial charge >= 0.3 is 0 Å². The van der Waals surface area contributed by atoms with Crippen LogP contribution in [0.25, 0.3) is 21.7 Å². The van der Waals surface area contributed by atoms with Crippen LogP contribution in [0.4, 0.5) is 13.2 Å². The van der Waals surface area contributed by atoms with Crippen molar-refractivity contribution in [1.29, 1.82) is 0 Å². The first-order chi connectivity index (χ1) is 15.2. The van der Waals surface area contributed by atoms with Crippen molar-refractivity contribution in [2.45, 2.75) is 12.6 Å². The molecular weight excluding hydrogens is 447 g/mol. The standard InChI is InChI=1S/C22H15ClF3N3O3/c1-29(22(31)17-6-12-13(23)2-9(24)3-16(12)27-17)19-8-32-7-18-20(19)10-4-14(25)15(26)5-11(10)21(30)28-18/h2-6,19,27H,7-8H2,1H3,(H,28,30)/t19-/m0/s1. The second-order valence-corrected chi connectivity index (χ2v) is 8.04. The van der Waals surface area contributed by atoms with Crippen LogP contribution in [0.5, 0.6) is 0 Å². The number of nitrogens with one attached hydrogen (secondary N) is 2. The topological polar surface area (TPSA) is 78.2 Å². The molecule has 6 nitrogen and oxygen atoms in total. The number of hydrogen-bond acceptors (Lipinski definition) is 3. The minimum absolute atomic E-state index is 0.0248. The summed E-state index contributed by atoms with van der Waals surface area (Å²) in [6, 6.07) is 4.99. The molecule has 2 aromatic carbocycles. The number of likely N-dealkylation sites (N-methyl/N-ethyl adjacent to an activating group) is 1. The number of benzene rings is 2. The number of hydrogen-bond donors (Lipinski definition) is 2. The van der Waals surface area contributed by atoms with E-state index in [4.69, 9.17) is 16.3 Å². The van der Waals surface area contributed by atoms with Gasteiger partial charge < -0.3 is 19.6 Å². The van der Waals surface area contributed by atoms with Crippen LogP contribution in [0.1, 0.15) is 27.8 Å². The predicted molar refractivity (Wildman–Crippen MR) is 112 cm³/mol. The Balaban J connectivity index is 1.62. The molecule has 1 atom stereocenters. The number of pyridine rings is 1. The van der Waals surface area contributed by atoms with Crippen molar-refractivity contribution in [2.24, 2.45) is 0 Å². The first kappa shape index (κ1) is 20.6. The number of carbonyl (C=O) groups excluding carboxylic acids is 1. The number of nitrogens with zero attached hydrogens (tertiary/aromatic N) is 1. The van der Waals surface area contributed by atoms with Gasteiger partial charge in [-0.05, 0) is 35.7 Å². The van der Waals surface area contributed by atoms with Gasteiger partial charge in [0.15, 0.2) is 11.6 Å². The first-order valence-corrected chi connectivity index (χ1v) is 9.99. The Morgan fingerprint density at radius 1 is 1.06 bits per heavy atom. The monoisotopic (exact) mass is 461 g/mol. The van der Waals surface area contributed by atoms with E-state index in [1.807, 2.05) is 0 Å². The van der Waals surface area contributed by atoms with E-state index in [9.17, 15) is 22.8 Å². The van der Waals surface area contributed by atoms with Crippen molar-refractivity contribution in [3.05, 3.63) is 80.1 Å². The molecule has 1 amide bonds. The Morgan fingerprint density at radius 3 is 2.53 bits per heavy atom. The molecule has 164 valence electrons. The number of ether oxygens (including phenoxy) is 1. The van der Waals surface area contributed by atoms with Crippen LogP contribution in [0.15, 0.2) is 35.1 Å². The summed E-state index contributed by atoms with van der Waals surface area (Å²) in [4.78, 5) is 32.5. The number of amides is 1. The van der Waals surface area contributed by atoms with Gasteiger partial charge in [-0.1, -0.05) is 11.6 Å². The van der Waals surface area contributed by atoms with Crippen LogP contribution >= 0.6 is 11.6 Å². The van der Waals surface area contributed by atoms with Crippen molar-refractivity contribution < 1.29 is 22.7 Å². The first-order valence-electron chi connectivity index (χ1n) is 9.61. The smallest absolute Gasteiger partial charge is 0.270 e. The molecule has 10 heteroatoms. The van der Waals surface area contributed by atoms with E-state index in [1.54, 1.807) is 0 Å². The fraction of sp³-hybridized carbons (Fsp3) is 0.182. The van der Waals surface area contributed by atoms with E-state index < -0.39 is 35.0 Å². The summed E-state index contributed by atoms with van der Waals surface area (Å²) in [5.41, 5.74) is 0.794. The van der Waals surface area contributed by atoms with Crippen molar-refractivity contribution in [2.75, 3.05) is 13.7 Å². The maximum absolute atomic E-state index is 14.0. The fourth-order valence-corrected chi connectivity index (χ4v) is 4.42. The summed E-state index contributed by atoms with van der Waals surface area (Å²) in [6.45, 7) is 0.129. The molecule has 1 aliphatic rings. The lowest BCUT2D eigenvalue weighted by Gasteiger charge is -2.33. The maximum Gasteiger partial charge on any atom is 0.270 e. The molecular formula is C22H15ClF3N3O3. The lowest BCUT2D eigenvalue weighted by Crippen LogP contribution is -2.37. The molecule has 4 aromatic rings. The van der Waals surface area contributed by atoms with Crippen molar-refractivity contribution >= 4 is 39.2 Å². The van der Waals surface area contributed by atoms with E-state index in [-0.39, 0.29) is 34.7 Å². The Kier molecular flexibility index (Phi) is 4.75. The highest BCUT2D eigenvalue weighted by Gasteiger charge is 2.32. The lowest BCUT2D eigenvalue weighted by molar-refractivity contribution is 0.0333. The van der Waals surface area contributed by atoms with Crippen LogP contribution in [-0.4, -0.2) is 34.4 Å². The van der Waals surface area contributed by atoms with Crippen LogP contribution in [0.3, 0.4) is 0 Å². The molecule has 3 heterocycles. The Bertz CT molecular complexity index is 1480. The van der Waals surface area contributed by atoms with Crippen molar-refractivity contribution in [1.82, 2.24) is 14.9 Å². The van der Waals surface area contributed by atoms with Gasteiger partial charge in [-0.15, -0.1) is 0 Å². The molecule has 0 radical (unpaired) electrons. The molecule has 0 saturated carbocycles. The second kappa shape index (κ2) is 7.39. The number of aromatic nitrogens is 2. The van der Waals surface area contributed by atoms with Gasteiger partial charge in [-0.3, -0.25) is 9.59 Å². The molecule has 0 aliphatic carbocycles. The molecule has 1 aliphatic heterocycles. The predicted octanol–water partition coefficient (Wildman–Crippen LogP) is 4.42. The molecule has 2 N–H and O–H groups in total. The zero-order valence-corrected chi connectivity index (χ0v) is 17.3. The minimum Gasteiger partial charge on any atom is -0.373 e. The van der Waals surface area contributed by atoms with E-state index in [0.717, 1.165) is 18.2 Å². The summed E-state index contributed by atoms with van der Waals surface area (Å²) in [5, 5.41) is 0.823. The average molecular weight is 462 g/mol. The summed E-state index contributed by atoms with van der Waals surface area (Å²) in [5.74, 6) is -3.24. The molecule has 0 fully saturated rings. The van der Waals surface area contributed by atoms with E-state index in [0.29, 0.717) is 22.2 Å². The van der Waals surface area contributed by atoms with Crippen LogP contribution in [-0.2, 0) is 11.3 Å². The van der Waals surface area contributed by atoms with Gasteiger partial charge in [-0.25, -0.2) is 13.2 Å². The highest BCUT2D eigenvalue weighted by molar-refractivity contribution is 6.35. The quantitative estimate of drug-likeness (QED) is 0.464. The highest BCUT2D eigenvalue weighted by atomic mass is 35.5. The average Bonchev–Trinajstić information content (AvgIpc) is 3.18. The van der Waals surface area contributed by atoms with Gasteiger partial charge in [0.05, 0.1) is 35.2 Å². The second-order valence-electron chi connectivity index (χ2n) is 7.64. The maximum atomic E-state index is 14.0. The van der Waals surface area contributed by atoms with Gasteiger partial charge in [0.2, 0.25) is 0 Å². The summed E-state index contributed by atoms with van der Waals surface area (Å²) < 4.78 is 47.0. The normalized spacial score (nSPS) is 15.8. The summed E-state index contributed by atoms with van der Waals surface area (Å²) >= 11 is 6.08. The zero-order valence-electron chi connectivity index (χ0n) is 16.6. The third-order valence-electron chi connectivity index (χ3n) is 5.71. The molecule has 0 unspecified atom stereocenters. The summed E-state index contributed by atoms with van der Waals surface area (Å²) in [6.07, 6.45) is 0. The van der Waals surface area contributed by atoms with Gasteiger partial charge in [-0.2, -0.15) is 0 Å². The van der Waals surface area contributed by atoms with Crippen LogP contribution < -0.4 is 5.56 Å². The Morgan fingerprint density at radius 2 is 1.78 bits per heavy atom. The largest absolute Gasteiger partial charge is 0.373 e. The number of aromatic amines is 2. The van der Waals surface area contributed by atoms with Crippen LogP contribution in [0.2, 0.25) is 5.02 Å². The number of halogens is 4. The molecule has 32 heavy (non-hydrogen) atoms. The third-order valence-corrected chi connectivity index (χ3v) is 6.02. The Labute approximate surface area is 183 Å². The molecule has 2 aromatic heterocycles. The van der Waals surface area contributed by atoms with E-state index in [1.165, 1.54) is 24.1 Å². The van der Waals surface area contributed by atoms with Gasteiger partial charge in [0, 0.05) is 23.7 Å². The molecule has 0 saturated heterocycles. The number of fused-ring (bicyclic) bond motifs is 4. The minimum atomic E-state index is -1.14. The summed E-state index contributed by atoms with van der Waals surface area (Å²) in [7, 11) is 1.52. The van der Waals surface area contributed by atoms with E-state index in [2.05, 4.69) is 9.97 Å². The van der Waals surface area contributed by atoms with E-state index >= 15 is 0 Å². The third kappa shape index (κ3) is 3.16.